The lowest BCUT2D eigenvalue weighted by Gasteiger charge is -2.20. The number of carbonyl (C=O) groups is 2. The number of nitrogens with two attached hydrogens (primary N) is 1. The van der Waals surface area contributed by atoms with Crippen molar-refractivity contribution in [2.45, 2.75) is 13.0 Å². The molecule has 0 bridgehead atoms. The first-order chi connectivity index (χ1) is 13.4. The maximum atomic E-state index is 12.8. The highest BCUT2D eigenvalue weighted by Crippen LogP contribution is 2.30. The van der Waals surface area contributed by atoms with Crippen molar-refractivity contribution in [2.24, 2.45) is 0 Å². The van der Waals surface area contributed by atoms with Crippen molar-refractivity contribution in [3.8, 4) is 5.69 Å². The van der Waals surface area contributed by atoms with Crippen LogP contribution in [0.3, 0.4) is 0 Å². The van der Waals surface area contributed by atoms with Crippen LogP contribution in [0.5, 0.6) is 0 Å². The first kappa shape index (κ1) is 17.7. The zero-order valence-electron chi connectivity index (χ0n) is 15.0. The Morgan fingerprint density at radius 3 is 2.43 bits per heavy atom. The van der Waals surface area contributed by atoms with Crippen LogP contribution >= 0.6 is 0 Å². The molecule has 0 fully saturated rings. The minimum atomic E-state index is -1.01. The summed E-state index contributed by atoms with van der Waals surface area (Å²) in [6.07, 6.45) is -1.01. The second-order valence-electron chi connectivity index (χ2n) is 6.65. The van der Waals surface area contributed by atoms with Gasteiger partial charge in [0.15, 0.2) is 0 Å². The Hall–Kier alpha value is -3.71. The van der Waals surface area contributed by atoms with E-state index in [4.69, 9.17) is 5.73 Å². The zero-order valence-corrected chi connectivity index (χ0v) is 15.0. The van der Waals surface area contributed by atoms with E-state index in [2.05, 4.69) is 5.32 Å². The number of hydrogen-bond donors (Lipinski definition) is 3. The molecule has 3 aromatic rings. The molecule has 0 radical (unpaired) electrons. The molecule has 2 aromatic carbocycles. The van der Waals surface area contributed by atoms with Gasteiger partial charge < -0.3 is 10.8 Å². The molecule has 2 heterocycles. The Kier molecular flexibility index (Phi) is 4.09. The third kappa shape index (κ3) is 2.69. The van der Waals surface area contributed by atoms with Crippen LogP contribution in [0.2, 0.25) is 0 Å². The summed E-state index contributed by atoms with van der Waals surface area (Å²) >= 11 is 0. The first-order valence-corrected chi connectivity index (χ1v) is 8.63. The molecule has 4 rings (SSSR count). The fraction of sp³-hybridized carbons (Fsp3) is 0.0952. The molecule has 1 aromatic heterocycles. The Labute approximate surface area is 160 Å². The number of aryl methyl sites for hydroxylation is 1. The molecule has 0 spiro atoms. The SMILES string of the molecule is Cc1ccc(-n2c(N)c3c(cc2=O)C(=O)NC3=O)c(C(O)c2ccccc2)c1. The number of aliphatic hydroxyl groups is 1. The Balaban J connectivity index is 1.97. The summed E-state index contributed by atoms with van der Waals surface area (Å²) in [5, 5.41) is 13.1. The van der Waals surface area contributed by atoms with Crippen molar-refractivity contribution in [1.29, 1.82) is 0 Å². The number of nitrogen functional groups attached to an aromatic ring is 1. The molecule has 1 atom stereocenters. The molecular weight excluding hydrogens is 358 g/mol. The van der Waals surface area contributed by atoms with E-state index in [1.807, 2.05) is 13.0 Å². The minimum Gasteiger partial charge on any atom is -0.384 e. The van der Waals surface area contributed by atoms with Crippen LogP contribution in [0.15, 0.2) is 59.4 Å². The van der Waals surface area contributed by atoms with Crippen molar-refractivity contribution in [3.63, 3.8) is 0 Å². The average Bonchev–Trinajstić information content (AvgIpc) is 2.96. The normalized spacial score (nSPS) is 13.9. The second kappa shape index (κ2) is 6.47. The number of hydrogen-bond acceptors (Lipinski definition) is 5. The number of pyridine rings is 1. The molecule has 0 saturated carbocycles. The van der Waals surface area contributed by atoms with E-state index in [0.717, 1.165) is 16.2 Å². The number of aromatic nitrogens is 1. The summed E-state index contributed by atoms with van der Waals surface area (Å²) in [5.41, 5.74) is 7.83. The summed E-state index contributed by atoms with van der Waals surface area (Å²) in [6.45, 7) is 1.87. The van der Waals surface area contributed by atoms with Crippen LogP contribution in [-0.4, -0.2) is 21.5 Å². The predicted molar refractivity (Wildman–Crippen MR) is 103 cm³/mol. The lowest BCUT2D eigenvalue weighted by Crippen LogP contribution is -2.25. The van der Waals surface area contributed by atoms with Crippen molar-refractivity contribution >= 4 is 17.6 Å². The van der Waals surface area contributed by atoms with E-state index in [-0.39, 0.29) is 16.9 Å². The lowest BCUT2D eigenvalue weighted by atomic mass is 9.97. The highest BCUT2D eigenvalue weighted by atomic mass is 16.3. The molecule has 7 heteroatoms. The van der Waals surface area contributed by atoms with Gasteiger partial charge in [0.25, 0.3) is 17.4 Å². The largest absolute Gasteiger partial charge is 0.384 e. The Bertz CT molecular complexity index is 1180. The monoisotopic (exact) mass is 375 g/mol. The van der Waals surface area contributed by atoms with Crippen LogP contribution in [0, 0.1) is 6.92 Å². The molecule has 2 amide bonds. The maximum absolute atomic E-state index is 12.8. The number of amides is 2. The third-order valence-corrected chi connectivity index (χ3v) is 4.79. The predicted octanol–water partition coefficient (Wildman–Crippen LogP) is 1.69. The van der Waals surface area contributed by atoms with Gasteiger partial charge in [0.2, 0.25) is 0 Å². The Morgan fingerprint density at radius 1 is 1.00 bits per heavy atom. The number of imide groups is 1. The van der Waals surface area contributed by atoms with E-state index in [1.54, 1.807) is 42.5 Å². The number of anilines is 1. The molecule has 28 heavy (non-hydrogen) atoms. The van der Waals surface area contributed by atoms with Gasteiger partial charge in [0.05, 0.1) is 16.8 Å². The molecule has 7 nitrogen and oxygen atoms in total. The summed E-state index contributed by atoms with van der Waals surface area (Å²) in [7, 11) is 0. The topological polar surface area (TPSA) is 114 Å². The second-order valence-corrected chi connectivity index (χ2v) is 6.65. The van der Waals surface area contributed by atoms with E-state index in [0.29, 0.717) is 16.8 Å². The summed E-state index contributed by atoms with van der Waals surface area (Å²) in [5.74, 6) is -1.44. The van der Waals surface area contributed by atoms with Gasteiger partial charge in [-0.3, -0.25) is 24.3 Å². The van der Waals surface area contributed by atoms with Crippen LogP contribution in [0.1, 0.15) is 43.5 Å². The van der Waals surface area contributed by atoms with Gasteiger partial charge in [-0.2, -0.15) is 0 Å². The fourth-order valence-electron chi connectivity index (χ4n) is 3.44. The van der Waals surface area contributed by atoms with Crippen molar-refractivity contribution < 1.29 is 14.7 Å². The van der Waals surface area contributed by atoms with Gasteiger partial charge in [0.1, 0.15) is 11.9 Å². The molecule has 1 unspecified atom stereocenters. The molecule has 140 valence electrons. The van der Waals surface area contributed by atoms with Crippen LogP contribution in [-0.2, 0) is 0 Å². The highest BCUT2D eigenvalue weighted by Gasteiger charge is 2.32. The van der Waals surface area contributed by atoms with Crippen LogP contribution < -0.4 is 16.6 Å². The number of nitrogens with one attached hydrogen (secondary N) is 1. The van der Waals surface area contributed by atoms with Gasteiger partial charge in [-0.1, -0.05) is 48.0 Å². The van der Waals surface area contributed by atoms with Crippen LogP contribution in [0.25, 0.3) is 5.69 Å². The summed E-state index contributed by atoms with van der Waals surface area (Å²) < 4.78 is 1.15. The van der Waals surface area contributed by atoms with Crippen LogP contribution in [0.4, 0.5) is 5.82 Å². The van der Waals surface area contributed by atoms with Crippen molar-refractivity contribution in [2.75, 3.05) is 5.73 Å². The van der Waals surface area contributed by atoms with Gasteiger partial charge in [0, 0.05) is 11.6 Å². The van der Waals surface area contributed by atoms with Crippen molar-refractivity contribution in [3.05, 3.63) is 92.8 Å². The fourth-order valence-corrected chi connectivity index (χ4v) is 3.44. The maximum Gasteiger partial charge on any atom is 0.262 e. The average molecular weight is 375 g/mol. The quantitative estimate of drug-likeness (QED) is 0.603. The molecule has 0 saturated heterocycles. The zero-order chi connectivity index (χ0) is 20.0. The standard InChI is InChI=1S/C21H17N3O4/c1-11-7-8-15(13(9-11)18(26)12-5-3-2-4-6-12)24-16(25)10-14-17(19(24)22)21(28)23-20(14)27/h2-10,18,26H,22H2,1H3,(H,23,27,28). The number of aliphatic hydroxyl groups excluding tert-OH is 1. The molecule has 4 N–H and O–H groups in total. The lowest BCUT2D eigenvalue weighted by molar-refractivity contribution is 0.0880. The number of fused-ring (bicyclic) bond motifs is 1. The number of carbonyl (C=O) groups excluding carboxylic acids is 2. The van der Waals surface area contributed by atoms with E-state index in [9.17, 15) is 19.5 Å². The summed E-state index contributed by atoms with van der Waals surface area (Å²) in [6, 6.07) is 15.3. The smallest absolute Gasteiger partial charge is 0.262 e. The van der Waals surface area contributed by atoms with E-state index < -0.39 is 23.5 Å². The first-order valence-electron chi connectivity index (χ1n) is 8.63. The van der Waals surface area contributed by atoms with E-state index in [1.165, 1.54) is 0 Å². The third-order valence-electron chi connectivity index (χ3n) is 4.79. The van der Waals surface area contributed by atoms with Gasteiger partial charge in [-0.15, -0.1) is 0 Å². The highest BCUT2D eigenvalue weighted by molar-refractivity contribution is 6.23. The minimum absolute atomic E-state index is 0.0367. The number of rotatable bonds is 3. The van der Waals surface area contributed by atoms with Crippen molar-refractivity contribution in [1.82, 2.24) is 9.88 Å². The molecular formula is C21H17N3O4. The van der Waals surface area contributed by atoms with Gasteiger partial charge >= 0.3 is 0 Å². The van der Waals surface area contributed by atoms with E-state index >= 15 is 0 Å². The number of nitrogens with zero attached hydrogens (tertiary/aromatic N) is 1. The molecule has 1 aliphatic heterocycles. The van der Waals surface area contributed by atoms with Gasteiger partial charge in [-0.05, 0) is 18.6 Å². The Morgan fingerprint density at radius 2 is 1.71 bits per heavy atom. The number of benzene rings is 2. The molecule has 0 aliphatic carbocycles. The molecule has 1 aliphatic rings. The summed E-state index contributed by atoms with van der Waals surface area (Å²) in [4.78, 5) is 36.7. The van der Waals surface area contributed by atoms with Gasteiger partial charge in [-0.25, -0.2) is 0 Å².